The van der Waals surface area contributed by atoms with E-state index in [-0.39, 0.29) is 17.3 Å². The molecule has 0 saturated heterocycles. The minimum atomic E-state index is -0.446. The van der Waals surface area contributed by atoms with Gasteiger partial charge >= 0.3 is 5.69 Å². The van der Waals surface area contributed by atoms with Crippen molar-refractivity contribution in [3.8, 4) is 5.75 Å². The van der Waals surface area contributed by atoms with E-state index in [1.54, 1.807) is 0 Å². The maximum absolute atomic E-state index is 12.0. The van der Waals surface area contributed by atoms with E-state index in [1.807, 2.05) is 67.3 Å². The smallest absolute Gasteiger partial charge is 0.354 e. The number of unbranched alkanes of at least 4 members (excludes halogenated alkanes) is 1. The van der Waals surface area contributed by atoms with E-state index in [1.165, 1.54) is 6.33 Å². The number of rotatable bonds is 10. The molecule has 0 saturated carbocycles. The van der Waals surface area contributed by atoms with Crippen LogP contribution in [-0.2, 0) is 0 Å². The summed E-state index contributed by atoms with van der Waals surface area (Å²) in [7, 11) is 0. The van der Waals surface area contributed by atoms with E-state index in [0.717, 1.165) is 29.8 Å². The molecule has 0 atom stereocenters. The number of hydrogen-bond acceptors (Lipinski definition) is 7. The van der Waals surface area contributed by atoms with Crippen LogP contribution in [0.4, 0.5) is 28.7 Å². The van der Waals surface area contributed by atoms with Gasteiger partial charge in [-0.25, -0.2) is 9.97 Å². The third kappa shape index (κ3) is 5.48. The Balaban J connectivity index is 1.91. The Morgan fingerprint density at radius 3 is 2.55 bits per heavy atom. The molecule has 0 unspecified atom stereocenters. The number of aryl methyl sites for hydroxylation is 1. The molecule has 3 aromatic rings. The Morgan fingerprint density at radius 2 is 1.90 bits per heavy atom. The van der Waals surface area contributed by atoms with Gasteiger partial charge in [0, 0.05) is 17.9 Å². The zero-order chi connectivity index (χ0) is 22.2. The first-order valence-corrected chi connectivity index (χ1v) is 10.4. The highest BCUT2D eigenvalue weighted by atomic mass is 16.6. The molecule has 0 fully saturated rings. The van der Waals surface area contributed by atoms with Gasteiger partial charge in [0.05, 0.1) is 11.5 Å². The highest BCUT2D eigenvalue weighted by Gasteiger charge is 2.27. The summed E-state index contributed by atoms with van der Waals surface area (Å²) in [6.07, 6.45) is 3.40. The van der Waals surface area contributed by atoms with Crippen LogP contribution in [0.2, 0.25) is 0 Å². The number of aromatic nitrogens is 2. The molecule has 162 valence electrons. The van der Waals surface area contributed by atoms with E-state index in [4.69, 9.17) is 4.74 Å². The van der Waals surface area contributed by atoms with Crippen LogP contribution in [-0.4, -0.2) is 28.0 Å². The standard InChI is InChI=1S/C23H27N5O3/c1-4-6-14-31-20-12-10-18(11-13-20)26-22-21(28(29)30)23(25-16-24-22)27(5-2)19-9-7-8-17(3)15-19/h7-13,15-16H,4-6,14H2,1-3H3,(H,24,25,26). The fourth-order valence-electron chi connectivity index (χ4n) is 3.18. The molecule has 0 bridgehead atoms. The maximum atomic E-state index is 12.0. The van der Waals surface area contributed by atoms with Gasteiger partial charge < -0.3 is 15.0 Å². The van der Waals surface area contributed by atoms with Crippen molar-refractivity contribution in [2.45, 2.75) is 33.6 Å². The summed E-state index contributed by atoms with van der Waals surface area (Å²) in [6.45, 7) is 7.20. The molecular formula is C23H27N5O3. The van der Waals surface area contributed by atoms with Crippen molar-refractivity contribution in [3.05, 3.63) is 70.5 Å². The Labute approximate surface area is 182 Å². The average Bonchev–Trinajstić information content (AvgIpc) is 2.76. The summed E-state index contributed by atoms with van der Waals surface area (Å²) < 4.78 is 5.67. The number of ether oxygens (including phenoxy) is 1. The Hall–Kier alpha value is -3.68. The third-order valence-corrected chi connectivity index (χ3v) is 4.75. The second-order valence-corrected chi connectivity index (χ2v) is 7.09. The van der Waals surface area contributed by atoms with Gasteiger partial charge in [-0.3, -0.25) is 10.1 Å². The number of nitrogens with one attached hydrogen (secondary N) is 1. The molecule has 0 aliphatic heterocycles. The quantitative estimate of drug-likeness (QED) is 0.252. The van der Waals surface area contributed by atoms with Gasteiger partial charge in [-0.15, -0.1) is 0 Å². The van der Waals surface area contributed by atoms with E-state index in [2.05, 4.69) is 22.2 Å². The van der Waals surface area contributed by atoms with Gasteiger partial charge in [0.15, 0.2) is 0 Å². The van der Waals surface area contributed by atoms with Crippen molar-refractivity contribution in [1.29, 1.82) is 0 Å². The lowest BCUT2D eigenvalue weighted by molar-refractivity contribution is -0.383. The van der Waals surface area contributed by atoms with Crippen LogP contribution in [0.3, 0.4) is 0 Å². The van der Waals surface area contributed by atoms with Crippen molar-refractivity contribution in [2.24, 2.45) is 0 Å². The zero-order valence-electron chi connectivity index (χ0n) is 18.0. The van der Waals surface area contributed by atoms with Crippen LogP contribution in [0.1, 0.15) is 32.3 Å². The van der Waals surface area contributed by atoms with E-state index in [0.29, 0.717) is 18.8 Å². The summed E-state index contributed by atoms with van der Waals surface area (Å²) in [6, 6.07) is 15.1. The van der Waals surface area contributed by atoms with Crippen molar-refractivity contribution in [3.63, 3.8) is 0 Å². The first-order valence-electron chi connectivity index (χ1n) is 10.4. The Kier molecular flexibility index (Phi) is 7.37. The fraction of sp³-hybridized carbons (Fsp3) is 0.304. The molecule has 1 N–H and O–H groups in total. The molecule has 0 aliphatic rings. The lowest BCUT2D eigenvalue weighted by atomic mass is 10.2. The molecule has 8 nitrogen and oxygen atoms in total. The van der Waals surface area contributed by atoms with Gasteiger partial charge in [-0.2, -0.15) is 0 Å². The van der Waals surface area contributed by atoms with Crippen LogP contribution >= 0.6 is 0 Å². The van der Waals surface area contributed by atoms with Crippen LogP contribution in [0.25, 0.3) is 0 Å². The molecule has 31 heavy (non-hydrogen) atoms. The van der Waals surface area contributed by atoms with E-state index < -0.39 is 4.92 Å². The number of anilines is 4. The predicted octanol–water partition coefficient (Wildman–Crippen LogP) is 5.77. The monoisotopic (exact) mass is 421 g/mol. The molecule has 0 spiro atoms. The minimum absolute atomic E-state index is 0.140. The topological polar surface area (TPSA) is 93.4 Å². The lowest BCUT2D eigenvalue weighted by Crippen LogP contribution is -2.19. The molecule has 1 heterocycles. The molecule has 8 heteroatoms. The van der Waals surface area contributed by atoms with Crippen LogP contribution in [0, 0.1) is 17.0 Å². The molecule has 0 aliphatic carbocycles. The lowest BCUT2D eigenvalue weighted by Gasteiger charge is -2.22. The summed E-state index contributed by atoms with van der Waals surface area (Å²) in [5, 5.41) is 15.0. The summed E-state index contributed by atoms with van der Waals surface area (Å²) in [4.78, 5) is 21.7. The van der Waals surface area contributed by atoms with Gasteiger partial charge in [0.25, 0.3) is 0 Å². The molecule has 2 aromatic carbocycles. The molecular weight excluding hydrogens is 394 g/mol. The number of hydrogen-bond donors (Lipinski definition) is 1. The molecule has 3 rings (SSSR count). The van der Waals surface area contributed by atoms with E-state index >= 15 is 0 Å². The van der Waals surface area contributed by atoms with Gasteiger partial charge in [0.1, 0.15) is 12.1 Å². The van der Waals surface area contributed by atoms with Gasteiger partial charge in [-0.1, -0.05) is 25.5 Å². The van der Waals surface area contributed by atoms with E-state index in [9.17, 15) is 10.1 Å². The maximum Gasteiger partial charge on any atom is 0.354 e. The Bertz CT molecular complexity index is 1020. The Morgan fingerprint density at radius 1 is 1.13 bits per heavy atom. The molecule has 0 radical (unpaired) electrons. The van der Waals surface area contributed by atoms with Gasteiger partial charge in [-0.05, 0) is 62.2 Å². The zero-order valence-corrected chi connectivity index (χ0v) is 18.0. The molecule has 0 amide bonds. The van der Waals surface area contributed by atoms with Crippen LogP contribution in [0.15, 0.2) is 54.9 Å². The first-order chi connectivity index (χ1) is 15.0. The van der Waals surface area contributed by atoms with Crippen LogP contribution in [0.5, 0.6) is 5.75 Å². The summed E-state index contributed by atoms with van der Waals surface area (Å²) in [5.41, 5.74) is 2.40. The van der Waals surface area contributed by atoms with Crippen molar-refractivity contribution in [2.75, 3.05) is 23.4 Å². The summed E-state index contributed by atoms with van der Waals surface area (Å²) in [5.74, 6) is 1.14. The second kappa shape index (κ2) is 10.4. The van der Waals surface area contributed by atoms with Crippen molar-refractivity contribution >= 4 is 28.7 Å². The summed E-state index contributed by atoms with van der Waals surface area (Å²) >= 11 is 0. The fourth-order valence-corrected chi connectivity index (χ4v) is 3.18. The van der Waals surface area contributed by atoms with Crippen molar-refractivity contribution in [1.82, 2.24) is 9.97 Å². The van der Waals surface area contributed by atoms with Crippen LogP contribution < -0.4 is 15.0 Å². The number of nitro groups is 1. The highest BCUT2D eigenvalue weighted by Crippen LogP contribution is 2.37. The first kappa shape index (κ1) is 22.0. The number of nitrogens with zero attached hydrogens (tertiary/aromatic N) is 4. The van der Waals surface area contributed by atoms with Gasteiger partial charge in [0.2, 0.25) is 11.6 Å². The normalized spacial score (nSPS) is 10.5. The average molecular weight is 422 g/mol. The molecule has 1 aromatic heterocycles. The van der Waals surface area contributed by atoms with Crippen molar-refractivity contribution < 1.29 is 9.66 Å². The minimum Gasteiger partial charge on any atom is -0.494 e. The largest absolute Gasteiger partial charge is 0.494 e. The SMILES string of the molecule is CCCCOc1ccc(Nc2ncnc(N(CC)c3cccc(C)c3)c2[N+](=O)[O-])cc1. The number of benzene rings is 2. The highest BCUT2D eigenvalue weighted by molar-refractivity contribution is 5.78. The third-order valence-electron chi connectivity index (χ3n) is 4.75. The second-order valence-electron chi connectivity index (χ2n) is 7.09. The predicted molar refractivity (Wildman–Crippen MR) is 123 cm³/mol.